The Labute approximate surface area is 456 Å². The average molecular weight is 1250 g/mol. The summed E-state index contributed by atoms with van der Waals surface area (Å²) in [6.45, 7) is 9.22. The van der Waals surface area contributed by atoms with Gasteiger partial charge in [0.2, 0.25) is 0 Å². The number of hydrogen-bond acceptors (Lipinski definition) is 4. The Morgan fingerprint density at radius 1 is 0.343 bits per heavy atom. The van der Waals surface area contributed by atoms with Crippen molar-refractivity contribution >= 4 is 87.9 Å². The fourth-order valence-electron chi connectivity index (χ4n) is 10.5. The second-order valence-electron chi connectivity index (χ2n) is 23.8. The van der Waals surface area contributed by atoms with E-state index < -0.39 is 36.8 Å². The molecule has 70 heavy (non-hydrogen) atoms. The van der Waals surface area contributed by atoms with E-state index in [0.717, 1.165) is 22.6 Å². The van der Waals surface area contributed by atoms with E-state index in [-0.39, 0.29) is 11.6 Å². The van der Waals surface area contributed by atoms with Crippen LogP contribution in [0.1, 0.15) is 244 Å². The molecule has 4 rings (SSSR count). The van der Waals surface area contributed by atoms with Gasteiger partial charge in [-0.2, -0.15) is 0 Å². The van der Waals surface area contributed by atoms with Crippen molar-refractivity contribution in [2.24, 2.45) is 11.8 Å². The fraction of sp³-hybridized carbons (Fsp3) is 0.742. The quantitative estimate of drug-likeness (QED) is 0.0307. The van der Waals surface area contributed by atoms with Gasteiger partial charge in [-0.1, -0.05) is 53.4 Å². The third kappa shape index (κ3) is 22.8. The zero-order valence-corrected chi connectivity index (χ0v) is 55.9. The summed E-state index contributed by atoms with van der Waals surface area (Å²) in [5.41, 5.74) is 2.88. The molecule has 0 radical (unpaired) electrons. The standard InChI is InChI=1S/C56H86F2S4.6CH3.2Sn/c1-5-9-13-17-21-23-27-31-35-45(33-29-25-19-15-11-7-3)41-47-37-39-59-53(47)51-43-49(57)55(61-51)56-50(58)44-52(62-56)54-48(38-40-60-54)42-46(34-30-26-20-16-12-8-4)36-32-28-24-22-18-14-10-6-2;;;;;;;;/h37-38,43-46H,5-36,41-42H2,1-4H3;6*1H3;;. The van der Waals surface area contributed by atoms with Gasteiger partial charge < -0.3 is 0 Å². The molecule has 2 atom stereocenters. The molecule has 0 N–H and O–H groups in total. The average Bonchev–Trinajstić information content (AvgIpc) is 4.12. The molecular weight excluding hydrogens is 1150 g/mol. The molecule has 0 bridgehead atoms. The summed E-state index contributed by atoms with van der Waals surface area (Å²) in [6.07, 6.45) is 45.2. The van der Waals surface area contributed by atoms with Crippen LogP contribution in [0.5, 0.6) is 0 Å². The second-order valence-corrected chi connectivity index (χ2v) is 58.8. The van der Waals surface area contributed by atoms with Gasteiger partial charge >= 0.3 is 407 Å². The van der Waals surface area contributed by atoms with E-state index in [9.17, 15) is 0 Å². The summed E-state index contributed by atoms with van der Waals surface area (Å²) in [6, 6.07) is 8.67. The third-order valence-corrected chi connectivity index (χ3v) is 39.0. The molecule has 4 aromatic heterocycles. The molecule has 0 aromatic carbocycles. The summed E-state index contributed by atoms with van der Waals surface area (Å²) < 4.78 is 36.3. The third-order valence-electron chi connectivity index (χ3n) is 15.0. The van der Waals surface area contributed by atoms with E-state index in [1.165, 1.54) is 249 Å². The van der Waals surface area contributed by atoms with Crippen molar-refractivity contribution in [3.8, 4) is 29.3 Å². The Bertz CT molecular complexity index is 1830. The molecular formula is C62H104F2S4Sn2. The number of thiophene rings is 4. The van der Waals surface area contributed by atoms with E-state index in [2.05, 4.69) is 69.5 Å². The first kappa shape index (κ1) is 62.8. The Balaban J connectivity index is 1.60. The summed E-state index contributed by atoms with van der Waals surface area (Å²) in [5, 5.41) is 0. The molecule has 0 fully saturated rings. The fourth-order valence-corrected chi connectivity index (χ4v) is 25.9. The predicted molar refractivity (Wildman–Crippen MR) is 325 cm³/mol. The van der Waals surface area contributed by atoms with E-state index in [1.54, 1.807) is 17.9 Å². The van der Waals surface area contributed by atoms with Crippen molar-refractivity contribution < 1.29 is 8.78 Å². The Hall–Kier alpha value is 0.257. The number of halogens is 2. The van der Waals surface area contributed by atoms with Gasteiger partial charge in [0.15, 0.2) is 0 Å². The SMILES string of the molecule is CCCCCCCCCCC(CCCCCCCC)Cc1c[c]([Sn]([CH3])([CH3])[CH3])sc1-c1cc(F)c(-c2sc(-c3s[c]([Sn]([CH3])([CH3])[CH3])cc3CC(CCCCCCCC)CCCCCCCCCC)cc2F)s1. The number of hydrogen-bond donors (Lipinski definition) is 0. The molecule has 0 amide bonds. The van der Waals surface area contributed by atoms with Crippen LogP contribution in [0, 0.1) is 23.5 Å². The molecule has 0 saturated heterocycles. The van der Waals surface area contributed by atoms with E-state index in [0.29, 0.717) is 21.6 Å². The summed E-state index contributed by atoms with van der Waals surface area (Å²) in [5.74, 6) is 0.824. The number of rotatable bonds is 41. The molecule has 4 aromatic rings. The summed E-state index contributed by atoms with van der Waals surface area (Å²) in [7, 11) is 0. The van der Waals surface area contributed by atoms with Gasteiger partial charge in [0.1, 0.15) is 0 Å². The minimum absolute atomic E-state index is 0.252. The molecule has 0 saturated carbocycles. The van der Waals surface area contributed by atoms with Crippen molar-refractivity contribution in [1.29, 1.82) is 0 Å². The molecule has 0 aliphatic heterocycles. The van der Waals surface area contributed by atoms with Crippen LogP contribution in [-0.2, 0) is 12.8 Å². The van der Waals surface area contributed by atoms with Crippen LogP contribution in [0.15, 0.2) is 24.3 Å². The normalized spacial score (nSPS) is 13.3. The van der Waals surface area contributed by atoms with Crippen LogP contribution >= 0.6 is 45.3 Å². The van der Waals surface area contributed by atoms with Crippen molar-refractivity contribution in [2.75, 3.05) is 0 Å². The van der Waals surface area contributed by atoms with Gasteiger partial charge in [-0.3, -0.25) is 0 Å². The van der Waals surface area contributed by atoms with Crippen LogP contribution in [0.3, 0.4) is 0 Å². The first-order valence-corrected chi connectivity index (χ1v) is 52.8. The van der Waals surface area contributed by atoms with Gasteiger partial charge in [-0.05, 0) is 0 Å². The topological polar surface area (TPSA) is 0 Å². The second kappa shape index (κ2) is 34.8. The Morgan fingerprint density at radius 2 is 0.600 bits per heavy atom. The van der Waals surface area contributed by atoms with Crippen molar-refractivity contribution in [2.45, 2.75) is 276 Å². The van der Waals surface area contributed by atoms with Gasteiger partial charge in [-0.25, -0.2) is 0 Å². The molecule has 398 valence electrons. The van der Waals surface area contributed by atoms with Gasteiger partial charge in [0, 0.05) is 0 Å². The summed E-state index contributed by atoms with van der Waals surface area (Å²) in [4.78, 5) is 20.7. The van der Waals surface area contributed by atoms with Gasteiger partial charge in [0.25, 0.3) is 0 Å². The summed E-state index contributed by atoms with van der Waals surface area (Å²) >= 11 is 2.03. The van der Waals surface area contributed by atoms with Crippen molar-refractivity contribution in [1.82, 2.24) is 0 Å². The Morgan fingerprint density at radius 3 is 0.857 bits per heavy atom. The Kier molecular flexibility index (Phi) is 31.2. The maximum absolute atomic E-state index is 16.6. The van der Waals surface area contributed by atoms with Crippen LogP contribution < -0.4 is 5.79 Å². The first-order chi connectivity index (χ1) is 33.7. The van der Waals surface area contributed by atoms with Crippen molar-refractivity contribution in [3.63, 3.8) is 0 Å². The predicted octanol–water partition coefficient (Wildman–Crippen LogP) is 23.2. The maximum atomic E-state index is 16.6. The number of unbranched alkanes of at least 4 members (excludes halogenated alkanes) is 24. The van der Waals surface area contributed by atoms with Gasteiger partial charge in [-0.15, -0.1) is 0 Å². The zero-order valence-electron chi connectivity index (χ0n) is 46.9. The van der Waals surface area contributed by atoms with E-state index in [4.69, 9.17) is 0 Å². The molecule has 8 heteroatoms. The molecule has 0 aliphatic rings. The van der Waals surface area contributed by atoms with Crippen LogP contribution in [0.4, 0.5) is 8.78 Å². The van der Waals surface area contributed by atoms with Crippen LogP contribution in [0.25, 0.3) is 29.3 Å². The van der Waals surface area contributed by atoms with E-state index >= 15 is 8.78 Å². The monoisotopic (exact) mass is 1250 g/mol. The molecule has 4 heterocycles. The minimum atomic E-state index is -2.45. The van der Waals surface area contributed by atoms with Crippen LogP contribution in [0.2, 0.25) is 29.6 Å². The molecule has 2 unspecified atom stereocenters. The zero-order chi connectivity index (χ0) is 50.8. The van der Waals surface area contributed by atoms with E-state index in [1.807, 2.05) is 22.7 Å². The molecule has 0 aliphatic carbocycles. The molecule has 0 spiro atoms. The molecule has 0 nitrogen and oxygen atoms in total. The van der Waals surface area contributed by atoms with Gasteiger partial charge in [0.05, 0.1) is 0 Å². The van der Waals surface area contributed by atoms with Crippen molar-refractivity contribution in [3.05, 3.63) is 47.0 Å². The first-order valence-electron chi connectivity index (χ1n) is 29.6. The van der Waals surface area contributed by atoms with Crippen LogP contribution in [-0.4, -0.2) is 36.8 Å².